The number of carbonyl (C=O) groups is 1. The second kappa shape index (κ2) is 5.45. The second-order valence-corrected chi connectivity index (χ2v) is 3.37. The van der Waals surface area contributed by atoms with Crippen LogP contribution < -0.4 is 5.32 Å². The monoisotopic (exact) mass is 212 g/mol. The topological polar surface area (TPSA) is 80.0 Å². The Hall–Kier alpha value is -1.43. The summed E-state index contributed by atoms with van der Waals surface area (Å²) in [7, 11) is 0. The van der Waals surface area contributed by atoms with E-state index in [1.807, 2.05) is 6.92 Å². The minimum atomic E-state index is -0.655. The third-order valence-corrected chi connectivity index (χ3v) is 1.86. The number of rotatable bonds is 5. The van der Waals surface area contributed by atoms with Gasteiger partial charge in [-0.05, 0) is 13.3 Å². The van der Waals surface area contributed by atoms with Gasteiger partial charge in [0.25, 0.3) is 0 Å². The normalized spacial score (nSPS) is 12.5. The van der Waals surface area contributed by atoms with Crippen molar-refractivity contribution in [2.75, 3.05) is 6.54 Å². The third-order valence-electron chi connectivity index (χ3n) is 1.86. The van der Waals surface area contributed by atoms with Crippen LogP contribution in [0, 0.1) is 0 Å². The average molecular weight is 212 g/mol. The molecule has 1 heterocycles. The molecule has 1 amide bonds. The van der Waals surface area contributed by atoms with Crippen molar-refractivity contribution >= 4 is 5.91 Å². The molecule has 0 radical (unpaired) electrons. The third kappa shape index (κ3) is 3.67. The van der Waals surface area contributed by atoms with Gasteiger partial charge in [0.05, 0.1) is 12.3 Å². The highest BCUT2D eigenvalue weighted by atomic mass is 16.3. The molecule has 0 bridgehead atoms. The molecule has 0 spiro atoms. The maximum Gasteiger partial charge on any atom is 0.241 e. The summed E-state index contributed by atoms with van der Waals surface area (Å²) >= 11 is 0. The quantitative estimate of drug-likeness (QED) is 0.711. The van der Waals surface area contributed by atoms with Crippen molar-refractivity contribution < 1.29 is 9.90 Å². The van der Waals surface area contributed by atoms with E-state index in [4.69, 9.17) is 0 Å². The molecule has 0 saturated heterocycles. The summed E-state index contributed by atoms with van der Waals surface area (Å²) in [4.78, 5) is 11.3. The number of aliphatic hydroxyl groups is 1. The van der Waals surface area contributed by atoms with Crippen molar-refractivity contribution in [3.8, 4) is 0 Å². The van der Waals surface area contributed by atoms with E-state index in [0.717, 1.165) is 6.42 Å². The molecule has 1 rings (SSSR count). The molecule has 1 atom stereocenters. The zero-order chi connectivity index (χ0) is 11.3. The molecule has 15 heavy (non-hydrogen) atoms. The summed E-state index contributed by atoms with van der Waals surface area (Å²) < 4.78 is 1.41. The highest BCUT2D eigenvalue weighted by Crippen LogP contribution is 2.05. The van der Waals surface area contributed by atoms with Crippen LogP contribution in [0.15, 0.2) is 6.20 Å². The molecule has 1 aromatic rings. The zero-order valence-corrected chi connectivity index (χ0v) is 8.97. The van der Waals surface area contributed by atoms with E-state index in [-0.39, 0.29) is 12.5 Å². The lowest BCUT2D eigenvalue weighted by Crippen LogP contribution is -2.28. The predicted octanol–water partition coefficient (Wildman–Crippen LogP) is -0.142. The van der Waals surface area contributed by atoms with Crippen LogP contribution >= 0.6 is 0 Å². The Morgan fingerprint density at radius 3 is 3.00 bits per heavy atom. The van der Waals surface area contributed by atoms with Gasteiger partial charge in [-0.3, -0.25) is 4.79 Å². The molecule has 84 valence electrons. The van der Waals surface area contributed by atoms with Crippen molar-refractivity contribution in [3.05, 3.63) is 11.9 Å². The van der Waals surface area contributed by atoms with Crippen LogP contribution in [0.3, 0.4) is 0 Å². The van der Waals surface area contributed by atoms with E-state index in [1.165, 1.54) is 4.68 Å². The maximum absolute atomic E-state index is 11.3. The lowest BCUT2D eigenvalue weighted by molar-refractivity contribution is -0.121. The van der Waals surface area contributed by atoms with Gasteiger partial charge in [0.1, 0.15) is 12.2 Å². The van der Waals surface area contributed by atoms with Gasteiger partial charge < -0.3 is 10.4 Å². The van der Waals surface area contributed by atoms with E-state index >= 15 is 0 Å². The van der Waals surface area contributed by atoms with Gasteiger partial charge in [-0.15, -0.1) is 5.10 Å². The fourth-order valence-electron chi connectivity index (χ4n) is 1.05. The number of amides is 1. The smallest absolute Gasteiger partial charge is 0.241 e. The lowest BCUT2D eigenvalue weighted by atomic mass is 10.3. The molecular formula is C9H16N4O2. The first kappa shape index (κ1) is 11.6. The van der Waals surface area contributed by atoms with Crippen LogP contribution in [0.4, 0.5) is 0 Å². The number of hydrogen-bond donors (Lipinski definition) is 2. The molecule has 2 N–H and O–H groups in total. The molecule has 0 aliphatic heterocycles. The number of aliphatic hydroxyl groups excluding tert-OH is 1. The van der Waals surface area contributed by atoms with E-state index in [1.54, 1.807) is 13.1 Å². The van der Waals surface area contributed by atoms with Crippen LogP contribution in [0.25, 0.3) is 0 Å². The first-order valence-electron chi connectivity index (χ1n) is 4.98. The molecule has 0 aliphatic rings. The number of nitrogens with zero attached hydrogens (tertiary/aromatic N) is 3. The van der Waals surface area contributed by atoms with E-state index < -0.39 is 6.10 Å². The van der Waals surface area contributed by atoms with Gasteiger partial charge in [-0.1, -0.05) is 12.1 Å². The molecule has 0 aliphatic carbocycles. The number of carbonyl (C=O) groups excluding carboxylic acids is 1. The Kier molecular flexibility index (Phi) is 4.23. The Balaban J connectivity index is 2.46. The summed E-state index contributed by atoms with van der Waals surface area (Å²) in [5.74, 6) is -0.0982. The molecule has 6 nitrogen and oxygen atoms in total. The molecule has 1 unspecified atom stereocenters. The molecule has 1 aromatic heterocycles. The zero-order valence-electron chi connectivity index (χ0n) is 8.97. The van der Waals surface area contributed by atoms with Gasteiger partial charge in [-0.25, -0.2) is 4.68 Å². The first-order valence-corrected chi connectivity index (χ1v) is 4.98. The Morgan fingerprint density at radius 1 is 1.73 bits per heavy atom. The van der Waals surface area contributed by atoms with Gasteiger partial charge >= 0.3 is 0 Å². The molecule has 0 saturated carbocycles. The van der Waals surface area contributed by atoms with E-state index in [9.17, 15) is 9.90 Å². The predicted molar refractivity (Wildman–Crippen MR) is 54.0 cm³/mol. The standard InChI is InChI=1S/C9H16N4O2/c1-3-4-10-9(15)6-13-5-8(7(2)14)11-12-13/h5,7,14H,3-4,6H2,1-2H3,(H,10,15). The summed E-state index contributed by atoms with van der Waals surface area (Å²) in [6.45, 7) is 4.39. The van der Waals surface area contributed by atoms with Crippen LogP contribution in [0.1, 0.15) is 32.1 Å². The van der Waals surface area contributed by atoms with Gasteiger partial charge in [0.2, 0.25) is 5.91 Å². The van der Waals surface area contributed by atoms with Crippen LogP contribution in [-0.2, 0) is 11.3 Å². The van der Waals surface area contributed by atoms with Crippen LogP contribution in [0.5, 0.6) is 0 Å². The summed E-state index contributed by atoms with van der Waals surface area (Å²) in [5.41, 5.74) is 0.471. The van der Waals surface area contributed by atoms with Crippen molar-refractivity contribution in [3.63, 3.8) is 0 Å². The average Bonchev–Trinajstić information content (AvgIpc) is 2.63. The molecule has 6 heteroatoms. The van der Waals surface area contributed by atoms with Gasteiger partial charge in [-0.2, -0.15) is 0 Å². The van der Waals surface area contributed by atoms with Crippen molar-refractivity contribution in [1.29, 1.82) is 0 Å². The molecular weight excluding hydrogens is 196 g/mol. The summed E-state index contributed by atoms with van der Waals surface area (Å²) in [5, 5.41) is 19.4. The Bertz CT molecular complexity index is 322. The largest absolute Gasteiger partial charge is 0.387 e. The highest BCUT2D eigenvalue weighted by molar-refractivity contribution is 5.75. The Morgan fingerprint density at radius 2 is 2.47 bits per heavy atom. The number of hydrogen-bond acceptors (Lipinski definition) is 4. The number of aromatic nitrogens is 3. The first-order chi connectivity index (χ1) is 7.13. The SMILES string of the molecule is CCCNC(=O)Cn1cc(C(C)O)nn1. The minimum Gasteiger partial charge on any atom is -0.387 e. The molecule has 0 aromatic carbocycles. The van der Waals surface area contributed by atoms with E-state index in [2.05, 4.69) is 15.6 Å². The van der Waals surface area contributed by atoms with Crippen molar-refractivity contribution in [2.24, 2.45) is 0 Å². The van der Waals surface area contributed by atoms with Crippen LogP contribution in [0.2, 0.25) is 0 Å². The van der Waals surface area contributed by atoms with Crippen LogP contribution in [-0.4, -0.2) is 32.6 Å². The van der Waals surface area contributed by atoms with Gasteiger partial charge in [0, 0.05) is 6.54 Å². The lowest BCUT2D eigenvalue weighted by Gasteiger charge is -2.02. The fraction of sp³-hybridized carbons (Fsp3) is 0.667. The van der Waals surface area contributed by atoms with Gasteiger partial charge in [0.15, 0.2) is 0 Å². The second-order valence-electron chi connectivity index (χ2n) is 3.37. The summed E-state index contributed by atoms with van der Waals surface area (Å²) in [6.07, 6.45) is 1.82. The summed E-state index contributed by atoms with van der Waals surface area (Å²) in [6, 6.07) is 0. The van der Waals surface area contributed by atoms with Crippen molar-refractivity contribution in [2.45, 2.75) is 32.9 Å². The maximum atomic E-state index is 11.3. The highest BCUT2D eigenvalue weighted by Gasteiger charge is 2.08. The van der Waals surface area contributed by atoms with Crippen molar-refractivity contribution in [1.82, 2.24) is 20.3 Å². The minimum absolute atomic E-state index is 0.0982. The number of nitrogens with one attached hydrogen (secondary N) is 1. The van der Waals surface area contributed by atoms with E-state index in [0.29, 0.717) is 12.2 Å². The Labute approximate surface area is 88.3 Å². The fourth-order valence-corrected chi connectivity index (χ4v) is 1.05. The molecule has 0 fully saturated rings.